The van der Waals surface area contributed by atoms with Gasteiger partial charge in [-0.3, -0.25) is 0 Å². The van der Waals surface area contributed by atoms with E-state index < -0.39 is 0 Å². The first-order chi connectivity index (χ1) is 5.79. The Morgan fingerprint density at radius 1 is 1.17 bits per heavy atom. The molecule has 12 heavy (non-hydrogen) atoms. The van der Waals surface area contributed by atoms with Crippen LogP contribution >= 0.6 is 0 Å². The molecule has 0 unspecified atom stereocenters. The van der Waals surface area contributed by atoms with Crippen molar-refractivity contribution in [3.05, 3.63) is 0 Å². The molecule has 3 N–H and O–H groups in total. The molecule has 0 heterocycles. The van der Waals surface area contributed by atoms with Gasteiger partial charge in [-0.1, -0.05) is 12.8 Å². The molecule has 1 saturated carbocycles. The van der Waals surface area contributed by atoms with Gasteiger partial charge in [-0.05, 0) is 26.9 Å². The van der Waals surface area contributed by atoms with E-state index in [-0.39, 0.29) is 0 Å². The Kier molecular flexibility index (Phi) is 3.70. The number of likely N-dealkylation sites (N-methyl/N-ethyl adjacent to an activating group) is 2. The molecular formula is C8H21N3Si. The Bertz CT molecular complexity index is 130. The summed E-state index contributed by atoms with van der Waals surface area (Å²) in [6.45, 7) is 0. The van der Waals surface area contributed by atoms with Crippen LogP contribution in [0.5, 0.6) is 0 Å². The average molecular weight is 187 g/mol. The summed E-state index contributed by atoms with van der Waals surface area (Å²) in [6, 6.07) is 0. The van der Waals surface area contributed by atoms with Gasteiger partial charge in [0.05, 0.1) is 16.6 Å². The smallest absolute Gasteiger partial charge is 0.0757 e. The molecule has 1 fully saturated rings. The van der Waals surface area contributed by atoms with Gasteiger partial charge in [0.15, 0.2) is 0 Å². The van der Waals surface area contributed by atoms with E-state index in [9.17, 15) is 0 Å². The van der Waals surface area contributed by atoms with Crippen LogP contribution in [0.15, 0.2) is 0 Å². The number of hydrogen-bond acceptors (Lipinski definition) is 3. The van der Waals surface area contributed by atoms with Crippen molar-refractivity contribution in [3.8, 4) is 0 Å². The summed E-state index contributed by atoms with van der Waals surface area (Å²) in [6.07, 6.45) is 5.79. The van der Waals surface area contributed by atoms with E-state index in [1.54, 1.807) is 0 Å². The van der Waals surface area contributed by atoms with Gasteiger partial charge < -0.3 is 15.6 Å². The molecule has 0 atom stereocenters. The second-order valence-electron chi connectivity index (χ2n) is 3.62. The molecule has 1 aliphatic rings. The van der Waals surface area contributed by atoms with Crippen molar-refractivity contribution in [1.29, 1.82) is 0 Å². The summed E-state index contributed by atoms with van der Waals surface area (Å²) in [4.78, 5) is 3.59. The second kappa shape index (κ2) is 4.37. The highest BCUT2D eigenvalue weighted by molar-refractivity contribution is 6.05. The first kappa shape index (κ1) is 10.2. The summed E-state index contributed by atoms with van der Waals surface area (Å²) >= 11 is 0. The maximum absolute atomic E-state index is 3.59. The highest BCUT2D eigenvalue weighted by atomic mass is 28.2. The molecule has 1 aliphatic carbocycles. The molecule has 72 valence electrons. The van der Waals surface area contributed by atoms with Crippen LogP contribution in [-0.4, -0.2) is 36.2 Å². The third kappa shape index (κ3) is 1.71. The van der Waals surface area contributed by atoms with Crippen LogP contribution < -0.4 is 15.6 Å². The Hall–Kier alpha value is 0.0969. The summed E-state index contributed by atoms with van der Waals surface area (Å²) in [5, 5.41) is 6.67. The Labute approximate surface area is 78.2 Å². The van der Waals surface area contributed by atoms with Crippen LogP contribution in [0.1, 0.15) is 25.7 Å². The lowest BCUT2D eigenvalue weighted by atomic mass is 9.95. The molecule has 0 spiro atoms. The third-order valence-electron chi connectivity index (χ3n) is 3.12. The van der Waals surface area contributed by atoms with Crippen molar-refractivity contribution < 1.29 is 0 Å². The average Bonchev–Trinajstić information content (AvgIpc) is 2.56. The van der Waals surface area contributed by atoms with Crippen molar-refractivity contribution in [2.45, 2.75) is 37.4 Å². The molecule has 3 nitrogen and oxygen atoms in total. The van der Waals surface area contributed by atoms with Crippen LogP contribution in [0.4, 0.5) is 0 Å². The molecule has 0 bridgehead atoms. The second-order valence-corrected chi connectivity index (χ2v) is 4.12. The topological polar surface area (TPSA) is 36.1 Å². The lowest BCUT2D eigenvalue weighted by Crippen LogP contribution is -2.62. The quantitative estimate of drug-likeness (QED) is 0.388. The zero-order chi connectivity index (χ0) is 9.03. The van der Waals surface area contributed by atoms with Crippen LogP contribution in [0.25, 0.3) is 0 Å². The predicted octanol–water partition coefficient (Wildman–Crippen LogP) is -1.07. The zero-order valence-corrected chi connectivity index (χ0v) is 10.4. The summed E-state index contributed by atoms with van der Waals surface area (Å²) in [7, 11) is 5.14. The van der Waals surface area contributed by atoms with E-state index in [0.717, 1.165) is 10.4 Å². The highest BCUT2D eigenvalue weighted by Crippen LogP contribution is 2.30. The Balaban J connectivity index is 2.63. The van der Waals surface area contributed by atoms with Gasteiger partial charge in [0.2, 0.25) is 0 Å². The predicted molar refractivity (Wildman–Crippen MR) is 56.2 cm³/mol. The number of rotatable bonds is 4. The summed E-state index contributed by atoms with van der Waals surface area (Å²) < 4.78 is 0. The van der Waals surface area contributed by atoms with Gasteiger partial charge in [-0.2, -0.15) is 0 Å². The van der Waals surface area contributed by atoms with E-state index >= 15 is 0 Å². The van der Waals surface area contributed by atoms with Crippen LogP contribution in [0.2, 0.25) is 0 Å². The highest BCUT2D eigenvalue weighted by Gasteiger charge is 2.38. The molecule has 0 aliphatic heterocycles. The summed E-state index contributed by atoms with van der Waals surface area (Å²) in [5.74, 6) is 0. The molecule has 1 rings (SSSR count). The van der Waals surface area contributed by atoms with Crippen molar-refractivity contribution in [2.24, 2.45) is 0 Å². The maximum atomic E-state index is 3.59. The zero-order valence-electron chi connectivity index (χ0n) is 8.41. The minimum Gasteiger partial charge on any atom is -0.338 e. The van der Waals surface area contributed by atoms with Gasteiger partial charge in [0, 0.05) is 5.54 Å². The Morgan fingerprint density at radius 2 is 1.67 bits per heavy atom. The standard InChI is InChI=1S/C8H21N3Si/c1-9-7(10-2)8(11-12)5-3-4-6-8/h7,9-11H,3-6H2,1-2,12H3. The van der Waals surface area contributed by atoms with Gasteiger partial charge in [0.1, 0.15) is 0 Å². The van der Waals surface area contributed by atoms with Gasteiger partial charge in [-0.25, -0.2) is 0 Å². The lowest BCUT2D eigenvalue weighted by molar-refractivity contribution is 0.258. The van der Waals surface area contributed by atoms with E-state index in [0.29, 0.717) is 11.7 Å². The van der Waals surface area contributed by atoms with Gasteiger partial charge in [-0.15, -0.1) is 0 Å². The van der Waals surface area contributed by atoms with Crippen LogP contribution in [0, 0.1) is 0 Å². The molecule has 0 radical (unpaired) electrons. The maximum Gasteiger partial charge on any atom is 0.0757 e. The molecular weight excluding hydrogens is 166 g/mol. The molecule has 0 aromatic carbocycles. The first-order valence-electron chi connectivity index (χ1n) is 4.82. The van der Waals surface area contributed by atoms with Crippen LogP contribution in [-0.2, 0) is 0 Å². The molecule has 0 aromatic rings. The van der Waals surface area contributed by atoms with Crippen molar-refractivity contribution >= 4 is 10.4 Å². The minimum absolute atomic E-state index is 0.343. The van der Waals surface area contributed by atoms with Crippen molar-refractivity contribution in [3.63, 3.8) is 0 Å². The fourth-order valence-electron chi connectivity index (χ4n) is 2.39. The van der Waals surface area contributed by atoms with Gasteiger partial charge >= 0.3 is 0 Å². The molecule has 0 saturated heterocycles. The minimum atomic E-state index is 0.343. The lowest BCUT2D eigenvalue weighted by Gasteiger charge is -2.37. The molecule has 0 aromatic heterocycles. The fourth-order valence-corrected chi connectivity index (χ4v) is 3.17. The van der Waals surface area contributed by atoms with E-state index in [1.165, 1.54) is 25.7 Å². The van der Waals surface area contributed by atoms with E-state index in [2.05, 4.69) is 15.6 Å². The van der Waals surface area contributed by atoms with Crippen molar-refractivity contribution in [2.75, 3.05) is 14.1 Å². The largest absolute Gasteiger partial charge is 0.338 e. The Morgan fingerprint density at radius 3 is 2.00 bits per heavy atom. The molecule has 0 amide bonds. The normalized spacial score (nSPS) is 22.2. The first-order valence-corrected chi connectivity index (χ1v) is 5.82. The monoisotopic (exact) mass is 187 g/mol. The SMILES string of the molecule is CNC(NC)C1(N[SiH3])CCCC1. The van der Waals surface area contributed by atoms with E-state index in [1.807, 2.05) is 14.1 Å². The summed E-state index contributed by atoms with van der Waals surface area (Å²) in [5.41, 5.74) is 0.343. The third-order valence-corrected chi connectivity index (χ3v) is 4.12. The number of hydrogen-bond donors (Lipinski definition) is 3. The number of nitrogens with one attached hydrogen (secondary N) is 3. The van der Waals surface area contributed by atoms with Gasteiger partial charge in [0.25, 0.3) is 0 Å². The van der Waals surface area contributed by atoms with Crippen LogP contribution in [0.3, 0.4) is 0 Å². The molecule has 4 heteroatoms. The fraction of sp³-hybridized carbons (Fsp3) is 1.00. The van der Waals surface area contributed by atoms with Crippen molar-refractivity contribution in [1.82, 2.24) is 15.6 Å². The van der Waals surface area contributed by atoms with E-state index in [4.69, 9.17) is 0 Å².